The van der Waals surface area contributed by atoms with E-state index in [1.165, 1.54) is 25.6 Å². The van der Waals surface area contributed by atoms with Gasteiger partial charge in [0.1, 0.15) is 5.82 Å². The van der Waals surface area contributed by atoms with E-state index >= 15 is 0 Å². The van der Waals surface area contributed by atoms with Crippen LogP contribution in [0, 0.1) is 0 Å². The Morgan fingerprint density at radius 1 is 1.42 bits per heavy atom. The number of aromatic nitrogens is 1. The Balaban J connectivity index is 1.74. The summed E-state index contributed by atoms with van der Waals surface area (Å²) >= 11 is 5.92. The summed E-state index contributed by atoms with van der Waals surface area (Å²) in [6.45, 7) is 3.71. The first kappa shape index (κ1) is 12.7. The van der Waals surface area contributed by atoms with Crippen LogP contribution in [0.4, 0.5) is 5.82 Å². The number of carbonyl (C=O) groups excluding carboxylic acids is 1. The number of carbonyl (C=O) groups is 1. The Kier molecular flexibility index (Phi) is 3.33. The molecule has 2 saturated heterocycles. The molecule has 5 nitrogen and oxygen atoms in total. The van der Waals surface area contributed by atoms with Gasteiger partial charge in [0.25, 0.3) is 5.91 Å². The Morgan fingerprint density at radius 3 is 3.05 bits per heavy atom. The van der Waals surface area contributed by atoms with Crippen LogP contribution in [-0.4, -0.2) is 52.9 Å². The zero-order valence-electron chi connectivity index (χ0n) is 10.7. The summed E-state index contributed by atoms with van der Waals surface area (Å²) in [5.74, 6) is 0.264. The second-order valence-corrected chi connectivity index (χ2v) is 5.58. The number of fused-ring (bicyclic) bond motifs is 1. The predicted molar refractivity (Wildman–Crippen MR) is 74.2 cm³/mol. The van der Waals surface area contributed by atoms with E-state index < -0.39 is 0 Å². The van der Waals surface area contributed by atoms with Crippen LogP contribution in [0.25, 0.3) is 0 Å². The van der Waals surface area contributed by atoms with Crippen LogP contribution in [0.15, 0.2) is 12.3 Å². The van der Waals surface area contributed by atoms with Gasteiger partial charge in [0.2, 0.25) is 0 Å². The number of halogens is 1. The lowest BCUT2D eigenvalue weighted by molar-refractivity contribution is 0.0571. The van der Waals surface area contributed by atoms with Gasteiger partial charge in [-0.1, -0.05) is 11.6 Å². The van der Waals surface area contributed by atoms with Crippen molar-refractivity contribution in [3.8, 4) is 0 Å². The molecule has 0 aliphatic carbocycles. The van der Waals surface area contributed by atoms with Gasteiger partial charge in [-0.15, -0.1) is 0 Å². The average molecular weight is 281 g/mol. The molecule has 0 bridgehead atoms. The van der Waals surface area contributed by atoms with Gasteiger partial charge in [-0.05, 0) is 25.5 Å². The van der Waals surface area contributed by atoms with E-state index in [0.29, 0.717) is 16.6 Å². The Hall–Kier alpha value is -1.33. The summed E-state index contributed by atoms with van der Waals surface area (Å²) in [6.07, 6.45) is 3.93. The molecule has 0 radical (unpaired) electrons. The SMILES string of the molecule is Nc1ncc(C(=O)N2CCN3CCCC3C2)cc1Cl. The van der Waals surface area contributed by atoms with Crippen molar-refractivity contribution < 1.29 is 4.79 Å². The van der Waals surface area contributed by atoms with Gasteiger partial charge in [-0.25, -0.2) is 4.98 Å². The zero-order chi connectivity index (χ0) is 13.4. The molecule has 1 amide bonds. The normalized spacial score (nSPS) is 23.4. The van der Waals surface area contributed by atoms with Crippen molar-refractivity contribution in [3.05, 3.63) is 22.8 Å². The van der Waals surface area contributed by atoms with Crippen LogP contribution in [0.1, 0.15) is 23.2 Å². The summed E-state index contributed by atoms with van der Waals surface area (Å²) in [7, 11) is 0. The van der Waals surface area contributed by atoms with Crippen molar-refractivity contribution in [2.75, 3.05) is 31.9 Å². The highest BCUT2D eigenvalue weighted by molar-refractivity contribution is 6.33. The largest absolute Gasteiger partial charge is 0.382 e. The molecule has 0 spiro atoms. The Bertz CT molecular complexity index is 507. The molecular weight excluding hydrogens is 264 g/mol. The van der Waals surface area contributed by atoms with Gasteiger partial charge in [-0.2, -0.15) is 0 Å². The molecule has 3 rings (SSSR count). The minimum Gasteiger partial charge on any atom is -0.382 e. The third kappa shape index (κ3) is 2.40. The van der Waals surface area contributed by atoms with E-state index in [9.17, 15) is 4.79 Å². The summed E-state index contributed by atoms with van der Waals surface area (Å²) in [5, 5.41) is 0.338. The number of nitrogen functional groups attached to an aromatic ring is 1. The molecule has 6 heteroatoms. The Labute approximate surface area is 117 Å². The van der Waals surface area contributed by atoms with E-state index in [4.69, 9.17) is 17.3 Å². The standard InChI is InChI=1S/C13H17ClN4O/c14-11-6-9(7-16-12(11)15)13(19)18-5-4-17-3-1-2-10(17)8-18/h6-7,10H,1-5,8H2,(H2,15,16). The van der Waals surface area contributed by atoms with Crippen LogP contribution in [0.2, 0.25) is 5.02 Å². The molecule has 2 aliphatic heterocycles. The maximum atomic E-state index is 12.4. The van der Waals surface area contributed by atoms with Gasteiger partial charge in [0, 0.05) is 31.9 Å². The molecule has 19 heavy (non-hydrogen) atoms. The average Bonchev–Trinajstić information content (AvgIpc) is 2.88. The monoisotopic (exact) mass is 280 g/mol. The number of anilines is 1. The van der Waals surface area contributed by atoms with Crippen molar-refractivity contribution in [1.82, 2.24) is 14.8 Å². The first-order valence-corrected chi connectivity index (χ1v) is 6.97. The fraction of sp³-hybridized carbons (Fsp3) is 0.538. The quantitative estimate of drug-likeness (QED) is 0.841. The van der Waals surface area contributed by atoms with Gasteiger partial charge >= 0.3 is 0 Å². The second-order valence-electron chi connectivity index (χ2n) is 5.17. The first-order valence-electron chi connectivity index (χ1n) is 6.59. The smallest absolute Gasteiger partial charge is 0.255 e. The molecule has 1 atom stereocenters. The zero-order valence-corrected chi connectivity index (χ0v) is 11.4. The number of hydrogen-bond acceptors (Lipinski definition) is 4. The number of nitrogens with two attached hydrogens (primary N) is 1. The predicted octanol–water partition coefficient (Wildman–Crippen LogP) is 1.24. The Morgan fingerprint density at radius 2 is 2.26 bits per heavy atom. The lowest BCUT2D eigenvalue weighted by Gasteiger charge is -2.37. The van der Waals surface area contributed by atoms with Crippen molar-refractivity contribution in [3.63, 3.8) is 0 Å². The molecule has 0 aromatic carbocycles. The number of amides is 1. The third-order valence-corrected chi connectivity index (χ3v) is 4.29. The minimum absolute atomic E-state index is 0.000880. The number of piperazine rings is 1. The van der Waals surface area contributed by atoms with E-state index in [1.807, 2.05) is 4.90 Å². The van der Waals surface area contributed by atoms with Crippen LogP contribution in [-0.2, 0) is 0 Å². The van der Waals surface area contributed by atoms with E-state index in [1.54, 1.807) is 6.07 Å². The molecule has 102 valence electrons. The van der Waals surface area contributed by atoms with Crippen molar-refractivity contribution in [1.29, 1.82) is 0 Å². The summed E-state index contributed by atoms with van der Waals surface area (Å²) in [5.41, 5.74) is 6.08. The molecule has 2 aliphatic rings. The van der Waals surface area contributed by atoms with E-state index in [-0.39, 0.29) is 11.7 Å². The van der Waals surface area contributed by atoms with E-state index in [0.717, 1.165) is 19.6 Å². The molecule has 1 aromatic rings. The van der Waals surface area contributed by atoms with Crippen LogP contribution < -0.4 is 5.73 Å². The molecule has 2 N–H and O–H groups in total. The fourth-order valence-corrected chi connectivity index (χ4v) is 3.09. The lowest BCUT2D eigenvalue weighted by Crippen LogP contribution is -2.52. The highest BCUT2D eigenvalue weighted by atomic mass is 35.5. The van der Waals surface area contributed by atoms with Gasteiger partial charge < -0.3 is 10.6 Å². The maximum Gasteiger partial charge on any atom is 0.255 e. The summed E-state index contributed by atoms with van der Waals surface area (Å²) in [6, 6.07) is 2.13. The fourth-order valence-electron chi connectivity index (χ4n) is 2.92. The van der Waals surface area contributed by atoms with Crippen LogP contribution in [0.5, 0.6) is 0 Å². The highest BCUT2D eigenvalue weighted by Gasteiger charge is 2.32. The number of pyridine rings is 1. The van der Waals surface area contributed by atoms with Gasteiger partial charge in [0.05, 0.1) is 10.6 Å². The number of hydrogen-bond donors (Lipinski definition) is 1. The van der Waals surface area contributed by atoms with Gasteiger partial charge in [-0.3, -0.25) is 9.69 Å². The first-order chi connectivity index (χ1) is 9.15. The van der Waals surface area contributed by atoms with Crippen molar-refractivity contribution in [2.45, 2.75) is 18.9 Å². The molecule has 1 aromatic heterocycles. The van der Waals surface area contributed by atoms with Crippen LogP contribution >= 0.6 is 11.6 Å². The number of rotatable bonds is 1. The summed E-state index contributed by atoms with van der Waals surface area (Å²) < 4.78 is 0. The minimum atomic E-state index is 0.000880. The third-order valence-electron chi connectivity index (χ3n) is 3.99. The molecular formula is C13H17ClN4O. The maximum absolute atomic E-state index is 12.4. The summed E-state index contributed by atoms with van der Waals surface area (Å²) in [4.78, 5) is 20.7. The van der Waals surface area contributed by atoms with Crippen molar-refractivity contribution in [2.24, 2.45) is 0 Å². The van der Waals surface area contributed by atoms with Gasteiger partial charge in [0.15, 0.2) is 0 Å². The second kappa shape index (κ2) is 4.98. The lowest BCUT2D eigenvalue weighted by atomic mass is 10.1. The van der Waals surface area contributed by atoms with E-state index in [2.05, 4.69) is 9.88 Å². The van der Waals surface area contributed by atoms with Crippen molar-refractivity contribution >= 4 is 23.3 Å². The molecule has 0 saturated carbocycles. The number of nitrogens with zero attached hydrogens (tertiary/aromatic N) is 3. The highest BCUT2D eigenvalue weighted by Crippen LogP contribution is 2.23. The molecule has 1 unspecified atom stereocenters. The van der Waals surface area contributed by atoms with Crippen LogP contribution in [0.3, 0.4) is 0 Å². The topological polar surface area (TPSA) is 62.5 Å². The molecule has 3 heterocycles. The molecule has 2 fully saturated rings.